The molecule has 0 aliphatic carbocycles. The fourth-order valence-corrected chi connectivity index (χ4v) is 4.19. The van der Waals surface area contributed by atoms with Gasteiger partial charge in [0.1, 0.15) is 5.01 Å². The van der Waals surface area contributed by atoms with Crippen LogP contribution in [-0.4, -0.2) is 13.4 Å². The highest BCUT2D eigenvalue weighted by Crippen LogP contribution is 2.37. The van der Waals surface area contributed by atoms with Crippen molar-refractivity contribution in [3.8, 4) is 16.3 Å². The molecule has 0 saturated carbocycles. The molecule has 0 radical (unpaired) electrons. The number of thiazole rings is 1. The van der Waals surface area contributed by atoms with Gasteiger partial charge in [0.15, 0.2) is 32.8 Å². The first-order valence-electron chi connectivity index (χ1n) is 5.34. The summed E-state index contributed by atoms with van der Waals surface area (Å²) < 4.78 is 29.4. The van der Waals surface area contributed by atoms with Crippen molar-refractivity contribution in [2.24, 2.45) is 0 Å². The standard InChI is InChI=1S/C12H9I2NO3S2/c1-2-20(16,17)9-5-3-8(4-6-9)11-12(18-14)15-10(7-13)19-11/h2-6H,1,7H2. The summed E-state index contributed by atoms with van der Waals surface area (Å²) in [5.41, 5.74) is 0.883. The monoisotopic (exact) mass is 533 g/mol. The number of nitrogens with zero attached hydrogens (tertiary/aromatic N) is 1. The molecule has 0 unspecified atom stereocenters. The summed E-state index contributed by atoms with van der Waals surface area (Å²) in [6.45, 7) is 3.31. The number of hydrogen-bond acceptors (Lipinski definition) is 5. The zero-order chi connectivity index (χ0) is 14.8. The van der Waals surface area contributed by atoms with Crippen molar-refractivity contribution < 1.29 is 11.5 Å². The van der Waals surface area contributed by atoms with E-state index < -0.39 is 9.84 Å². The molecule has 4 nitrogen and oxygen atoms in total. The predicted octanol–water partition coefficient (Wildman–Crippen LogP) is 4.39. The van der Waals surface area contributed by atoms with E-state index in [0.29, 0.717) is 5.88 Å². The highest BCUT2D eigenvalue weighted by atomic mass is 127. The minimum Gasteiger partial charge on any atom is -0.407 e. The third-order valence-electron chi connectivity index (χ3n) is 2.49. The molecular weight excluding hydrogens is 524 g/mol. The lowest BCUT2D eigenvalue weighted by molar-refractivity contribution is 0.605. The molecule has 106 valence electrons. The maximum Gasteiger partial charge on any atom is 0.243 e. The minimum atomic E-state index is -3.39. The van der Waals surface area contributed by atoms with Crippen molar-refractivity contribution in [3.63, 3.8) is 0 Å². The molecule has 0 aliphatic heterocycles. The van der Waals surface area contributed by atoms with Crippen LogP contribution in [0.3, 0.4) is 0 Å². The molecule has 1 aromatic heterocycles. The molecule has 0 fully saturated rings. The van der Waals surface area contributed by atoms with Crippen molar-refractivity contribution in [2.45, 2.75) is 9.32 Å². The molecule has 0 amide bonds. The SMILES string of the molecule is C=CS(=O)(=O)c1ccc(-c2sc(CI)nc2OI)cc1. The number of halogens is 2. The lowest BCUT2D eigenvalue weighted by atomic mass is 10.2. The molecule has 0 atom stereocenters. The molecule has 0 N–H and O–H groups in total. The van der Waals surface area contributed by atoms with Gasteiger partial charge in [-0.05, 0) is 17.7 Å². The van der Waals surface area contributed by atoms with Crippen LogP contribution >= 0.6 is 56.9 Å². The van der Waals surface area contributed by atoms with Crippen LogP contribution in [0, 0.1) is 0 Å². The highest BCUT2D eigenvalue weighted by Gasteiger charge is 2.15. The van der Waals surface area contributed by atoms with Gasteiger partial charge in [0.25, 0.3) is 0 Å². The van der Waals surface area contributed by atoms with Gasteiger partial charge in [-0.1, -0.05) is 41.3 Å². The number of alkyl halides is 1. The summed E-state index contributed by atoms with van der Waals surface area (Å²) in [6, 6.07) is 6.62. The summed E-state index contributed by atoms with van der Waals surface area (Å²) in [7, 11) is -3.39. The Bertz CT molecular complexity index is 724. The van der Waals surface area contributed by atoms with E-state index in [9.17, 15) is 8.42 Å². The second-order valence-electron chi connectivity index (χ2n) is 3.69. The van der Waals surface area contributed by atoms with Gasteiger partial charge in [-0.2, -0.15) is 0 Å². The van der Waals surface area contributed by atoms with Crippen LogP contribution in [0.15, 0.2) is 41.1 Å². The van der Waals surface area contributed by atoms with Gasteiger partial charge in [-0.15, -0.1) is 11.3 Å². The van der Waals surface area contributed by atoms with E-state index in [1.165, 1.54) is 11.3 Å². The summed E-state index contributed by atoms with van der Waals surface area (Å²) in [6.07, 6.45) is 0. The van der Waals surface area contributed by atoms with E-state index in [1.54, 1.807) is 47.3 Å². The molecule has 1 aromatic carbocycles. The second-order valence-corrected chi connectivity index (χ2v) is 7.87. The Labute approximate surface area is 149 Å². The Morgan fingerprint density at radius 3 is 2.50 bits per heavy atom. The van der Waals surface area contributed by atoms with Crippen molar-refractivity contribution >= 4 is 66.8 Å². The van der Waals surface area contributed by atoms with Crippen molar-refractivity contribution in [2.75, 3.05) is 0 Å². The first kappa shape index (κ1) is 16.2. The molecule has 0 aliphatic rings. The Morgan fingerprint density at radius 1 is 1.35 bits per heavy atom. The number of sulfone groups is 1. The molecule has 0 saturated heterocycles. The van der Waals surface area contributed by atoms with Crippen molar-refractivity contribution in [3.05, 3.63) is 41.3 Å². The summed E-state index contributed by atoms with van der Waals surface area (Å²) in [5, 5.41) is 1.91. The van der Waals surface area contributed by atoms with E-state index in [2.05, 4.69) is 34.2 Å². The van der Waals surface area contributed by atoms with Crippen LogP contribution in [0.1, 0.15) is 5.01 Å². The first-order chi connectivity index (χ1) is 9.51. The van der Waals surface area contributed by atoms with Crippen LogP contribution in [0.2, 0.25) is 0 Å². The molecule has 2 aromatic rings. The molecular formula is C12H9I2NO3S2. The maximum atomic E-state index is 11.7. The highest BCUT2D eigenvalue weighted by molar-refractivity contribution is 14.1. The van der Waals surface area contributed by atoms with Crippen molar-refractivity contribution in [1.29, 1.82) is 0 Å². The fourth-order valence-electron chi connectivity index (χ4n) is 1.53. The van der Waals surface area contributed by atoms with Gasteiger partial charge in [0.2, 0.25) is 5.88 Å². The third kappa shape index (κ3) is 3.34. The van der Waals surface area contributed by atoms with Gasteiger partial charge in [0.05, 0.1) is 14.2 Å². The molecule has 0 spiro atoms. The number of aromatic nitrogens is 1. The Balaban J connectivity index is 2.45. The van der Waals surface area contributed by atoms with Gasteiger partial charge < -0.3 is 3.07 Å². The second kappa shape index (κ2) is 6.71. The molecule has 0 bridgehead atoms. The quantitative estimate of drug-likeness (QED) is 0.423. The van der Waals surface area contributed by atoms with Gasteiger partial charge in [-0.3, -0.25) is 0 Å². The van der Waals surface area contributed by atoms with Crippen LogP contribution < -0.4 is 3.07 Å². The van der Waals surface area contributed by atoms with Crippen LogP contribution in [-0.2, 0) is 14.3 Å². The zero-order valence-electron chi connectivity index (χ0n) is 10.0. The largest absolute Gasteiger partial charge is 0.407 e. The zero-order valence-corrected chi connectivity index (χ0v) is 16.0. The van der Waals surface area contributed by atoms with Gasteiger partial charge in [-0.25, -0.2) is 13.4 Å². The number of hydrogen-bond donors (Lipinski definition) is 0. The van der Waals surface area contributed by atoms with Crippen LogP contribution in [0.25, 0.3) is 10.4 Å². The minimum absolute atomic E-state index is 0.229. The van der Waals surface area contributed by atoms with E-state index in [1.807, 2.05) is 0 Å². The van der Waals surface area contributed by atoms with Crippen LogP contribution in [0.4, 0.5) is 0 Å². The average Bonchev–Trinajstić information content (AvgIpc) is 2.90. The van der Waals surface area contributed by atoms with E-state index >= 15 is 0 Å². The topological polar surface area (TPSA) is 56.3 Å². The van der Waals surface area contributed by atoms with E-state index in [4.69, 9.17) is 3.07 Å². The maximum absolute atomic E-state index is 11.7. The summed E-state index contributed by atoms with van der Waals surface area (Å²) in [4.78, 5) is 5.48. The van der Waals surface area contributed by atoms with Gasteiger partial charge in [0, 0.05) is 5.41 Å². The normalized spacial score (nSPS) is 11.3. The summed E-state index contributed by atoms with van der Waals surface area (Å²) in [5.74, 6) is 0.557. The van der Waals surface area contributed by atoms with Crippen molar-refractivity contribution in [1.82, 2.24) is 4.98 Å². The smallest absolute Gasteiger partial charge is 0.243 e. The lowest BCUT2D eigenvalue weighted by Crippen LogP contribution is -1.94. The first-order valence-corrected chi connectivity index (χ1v) is 10.1. The molecule has 8 heteroatoms. The Morgan fingerprint density at radius 2 is 2.00 bits per heavy atom. The molecule has 20 heavy (non-hydrogen) atoms. The Kier molecular flexibility index (Phi) is 5.42. The molecule has 2 rings (SSSR count). The lowest BCUT2D eigenvalue weighted by Gasteiger charge is -2.02. The number of rotatable bonds is 5. The van der Waals surface area contributed by atoms with Crippen LogP contribution in [0.5, 0.6) is 5.88 Å². The average molecular weight is 533 g/mol. The van der Waals surface area contributed by atoms with Gasteiger partial charge >= 0.3 is 0 Å². The Hall–Kier alpha value is -0.200. The van der Waals surface area contributed by atoms with E-state index in [0.717, 1.165) is 25.3 Å². The molecule has 1 heterocycles. The third-order valence-corrected chi connectivity index (χ3v) is 6.60. The summed E-state index contributed by atoms with van der Waals surface area (Å²) >= 11 is 5.57. The fraction of sp³-hybridized carbons (Fsp3) is 0.0833. The number of benzene rings is 1. The van der Waals surface area contributed by atoms with E-state index in [-0.39, 0.29) is 4.90 Å². The predicted molar refractivity (Wildman–Crippen MR) is 97.3 cm³/mol.